The predicted octanol–water partition coefficient (Wildman–Crippen LogP) is 4.80. The van der Waals surface area contributed by atoms with Gasteiger partial charge in [0.1, 0.15) is 23.5 Å². The third-order valence-corrected chi connectivity index (χ3v) is 5.70. The van der Waals surface area contributed by atoms with Gasteiger partial charge in [-0.2, -0.15) is 0 Å². The SMILES string of the molecule is CCCCC1=CC2=C(c3ccco3)C(=O)C(C)(OC(=O)c3ccc(OC)cc3)C(=O)C2=CO1. The largest absolute Gasteiger partial charge is 0.497 e. The van der Waals surface area contributed by atoms with E-state index in [0.717, 1.165) is 12.8 Å². The monoisotopic (exact) mass is 448 g/mol. The maximum atomic E-state index is 13.7. The van der Waals surface area contributed by atoms with Crippen molar-refractivity contribution >= 4 is 23.1 Å². The summed E-state index contributed by atoms with van der Waals surface area (Å²) >= 11 is 0. The molecule has 1 aromatic heterocycles. The van der Waals surface area contributed by atoms with Gasteiger partial charge in [0, 0.05) is 12.0 Å². The van der Waals surface area contributed by atoms with Crippen LogP contribution >= 0.6 is 0 Å². The number of carbonyl (C=O) groups excluding carboxylic acids is 3. The molecule has 1 aliphatic carbocycles. The number of unbranched alkanes of at least 4 members (excludes halogenated alkanes) is 1. The summed E-state index contributed by atoms with van der Waals surface area (Å²) in [6.45, 7) is 3.37. The first-order valence-electron chi connectivity index (χ1n) is 10.7. The van der Waals surface area contributed by atoms with Crippen molar-refractivity contribution in [2.24, 2.45) is 0 Å². The Morgan fingerprint density at radius 2 is 1.85 bits per heavy atom. The van der Waals surface area contributed by atoms with Crippen LogP contribution in [0.1, 0.15) is 49.2 Å². The number of hydrogen-bond acceptors (Lipinski definition) is 7. The summed E-state index contributed by atoms with van der Waals surface area (Å²) in [5.41, 5.74) is -1.15. The lowest BCUT2D eigenvalue weighted by molar-refractivity contribution is -0.144. The fourth-order valence-electron chi connectivity index (χ4n) is 3.79. The fourth-order valence-corrected chi connectivity index (χ4v) is 3.79. The number of rotatable bonds is 7. The van der Waals surface area contributed by atoms with E-state index in [4.69, 9.17) is 18.6 Å². The highest BCUT2D eigenvalue weighted by Gasteiger charge is 2.53. The maximum Gasteiger partial charge on any atom is 0.339 e. The minimum atomic E-state index is -2.08. The molecular formula is C26H24O7. The zero-order valence-electron chi connectivity index (χ0n) is 18.7. The first-order valence-corrected chi connectivity index (χ1v) is 10.7. The molecule has 0 amide bonds. The van der Waals surface area contributed by atoms with Crippen molar-refractivity contribution in [3.8, 4) is 5.75 Å². The van der Waals surface area contributed by atoms with Crippen LogP contribution in [0.25, 0.3) is 5.57 Å². The van der Waals surface area contributed by atoms with Gasteiger partial charge in [0.15, 0.2) is 0 Å². The molecule has 2 aliphatic rings. The van der Waals surface area contributed by atoms with Gasteiger partial charge in [-0.25, -0.2) is 4.79 Å². The molecule has 0 saturated carbocycles. The Morgan fingerprint density at radius 1 is 1.09 bits per heavy atom. The van der Waals surface area contributed by atoms with E-state index >= 15 is 0 Å². The van der Waals surface area contributed by atoms with E-state index in [1.807, 2.05) is 0 Å². The summed E-state index contributed by atoms with van der Waals surface area (Å²) in [5.74, 6) is -0.604. The molecule has 7 nitrogen and oxygen atoms in total. The number of ketones is 2. The minimum absolute atomic E-state index is 0.159. The van der Waals surface area contributed by atoms with Crippen LogP contribution < -0.4 is 4.74 Å². The Hall–Kier alpha value is -3.87. The summed E-state index contributed by atoms with van der Waals surface area (Å²) in [5, 5.41) is 0. The normalized spacial score (nSPS) is 20.0. The number of hydrogen-bond donors (Lipinski definition) is 0. The smallest absolute Gasteiger partial charge is 0.339 e. The summed E-state index contributed by atoms with van der Waals surface area (Å²) in [7, 11) is 1.51. The number of esters is 1. The van der Waals surface area contributed by atoms with Crippen LogP contribution in [-0.2, 0) is 19.1 Å². The maximum absolute atomic E-state index is 13.7. The molecule has 2 heterocycles. The molecule has 170 valence electrons. The van der Waals surface area contributed by atoms with Crippen LogP contribution in [-0.4, -0.2) is 30.2 Å². The van der Waals surface area contributed by atoms with Gasteiger partial charge in [-0.05, 0) is 55.8 Å². The molecule has 1 aromatic carbocycles. The first kappa shape index (κ1) is 22.3. The molecule has 4 rings (SSSR count). The Labute approximate surface area is 191 Å². The topological polar surface area (TPSA) is 92.0 Å². The summed E-state index contributed by atoms with van der Waals surface area (Å²) in [6.07, 6.45) is 7.01. The van der Waals surface area contributed by atoms with Crippen molar-refractivity contribution in [1.29, 1.82) is 0 Å². The summed E-state index contributed by atoms with van der Waals surface area (Å²) < 4.78 is 21.8. The summed E-state index contributed by atoms with van der Waals surface area (Å²) in [6, 6.07) is 9.48. The van der Waals surface area contributed by atoms with Crippen molar-refractivity contribution in [2.45, 2.75) is 38.7 Å². The van der Waals surface area contributed by atoms with E-state index in [-0.39, 0.29) is 22.5 Å². The molecule has 7 heteroatoms. The van der Waals surface area contributed by atoms with E-state index in [9.17, 15) is 14.4 Å². The molecule has 0 saturated heterocycles. The molecule has 0 fully saturated rings. The Balaban J connectivity index is 1.75. The van der Waals surface area contributed by atoms with Crippen molar-refractivity contribution < 1.29 is 33.0 Å². The molecule has 0 spiro atoms. The Morgan fingerprint density at radius 3 is 2.48 bits per heavy atom. The van der Waals surface area contributed by atoms with Gasteiger partial charge in [-0.15, -0.1) is 0 Å². The average Bonchev–Trinajstić information content (AvgIpc) is 3.36. The lowest BCUT2D eigenvalue weighted by Gasteiger charge is -2.34. The number of Topliss-reactive ketones (excluding diaryl/α,β-unsaturated/α-hetero) is 2. The third kappa shape index (κ3) is 4.02. The zero-order valence-corrected chi connectivity index (χ0v) is 18.7. The second-order valence-electron chi connectivity index (χ2n) is 7.94. The number of fused-ring (bicyclic) bond motifs is 1. The zero-order chi connectivity index (χ0) is 23.6. The van der Waals surface area contributed by atoms with E-state index in [1.54, 1.807) is 30.3 Å². The van der Waals surface area contributed by atoms with E-state index < -0.39 is 23.1 Å². The second kappa shape index (κ2) is 8.94. The number of allylic oxidation sites excluding steroid dienone is 3. The third-order valence-electron chi connectivity index (χ3n) is 5.70. The minimum Gasteiger partial charge on any atom is -0.497 e. The molecular weight excluding hydrogens is 424 g/mol. The van der Waals surface area contributed by atoms with Crippen molar-refractivity contribution in [2.75, 3.05) is 7.11 Å². The molecule has 2 aromatic rings. The number of methoxy groups -OCH3 is 1. The number of carbonyl (C=O) groups is 3. The molecule has 0 radical (unpaired) electrons. The Bertz CT molecular complexity index is 1180. The highest BCUT2D eigenvalue weighted by atomic mass is 16.6. The van der Waals surface area contributed by atoms with Crippen LogP contribution in [0.4, 0.5) is 0 Å². The van der Waals surface area contributed by atoms with Crippen LogP contribution in [0.2, 0.25) is 0 Å². The van der Waals surface area contributed by atoms with Gasteiger partial charge >= 0.3 is 5.97 Å². The van der Waals surface area contributed by atoms with Gasteiger partial charge in [0.2, 0.25) is 17.2 Å². The van der Waals surface area contributed by atoms with Crippen molar-refractivity contribution in [3.05, 3.63) is 83.2 Å². The highest BCUT2D eigenvalue weighted by molar-refractivity contribution is 6.40. The van der Waals surface area contributed by atoms with Crippen LogP contribution in [0.3, 0.4) is 0 Å². The van der Waals surface area contributed by atoms with Gasteiger partial charge in [0.25, 0.3) is 0 Å². The second-order valence-corrected chi connectivity index (χ2v) is 7.94. The van der Waals surface area contributed by atoms with Crippen LogP contribution in [0.15, 0.2) is 76.3 Å². The average molecular weight is 448 g/mol. The van der Waals surface area contributed by atoms with Gasteiger partial charge in [-0.3, -0.25) is 9.59 Å². The van der Waals surface area contributed by atoms with Gasteiger partial charge in [-0.1, -0.05) is 13.3 Å². The quantitative estimate of drug-likeness (QED) is 0.444. The predicted molar refractivity (Wildman–Crippen MR) is 119 cm³/mol. The molecule has 0 N–H and O–H groups in total. The first-order chi connectivity index (χ1) is 15.9. The van der Waals surface area contributed by atoms with Gasteiger partial charge in [0.05, 0.1) is 30.1 Å². The molecule has 1 aliphatic heterocycles. The van der Waals surface area contributed by atoms with Crippen molar-refractivity contribution in [1.82, 2.24) is 0 Å². The van der Waals surface area contributed by atoms with Crippen molar-refractivity contribution in [3.63, 3.8) is 0 Å². The van der Waals surface area contributed by atoms with Crippen LogP contribution in [0, 0.1) is 0 Å². The Kier molecular flexibility index (Phi) is 6.05. The number of ether oxygens (including phenoxy) is 3. The van der Waals surface area contributed by atoms with Gasteiger partial charge < -0.3 is 18.6 Å². The fraction of sp³-hybridized carbons (Fsp3) is 0.269. The molecule has 33 heavy (non-hydrogen) atoms. The lowest BCUT2D eigenvalue weighted by atomic mass is 9.75. The van der Waals surface area contributed by atoms with E-state index in [2.05, 4.69) is 6.92 Å². The summed E-state index contributed by atoms with van der Waals surface area (Å²) in [4.78, 5) is 40.0. The molecule has 1 unspecified atom stereocenters. The standard InChI is InChI=1S/C26H24O7/c1-4-5-7-18-14-19-20(15-32-18)23(27)26(2,24(28)22(19)21-8-6-13-31-21)33-25(29)16-9-11-17(30-3)12-10-16/h6,8-15H,4-5,7H2,1-3H3. The van der Waals surface area contributed by atoms with Crippen LogP contribution in [0.5, 0.6) is 5.75 Å². The molecule has 0 bridgehead atoms. The molecule has 1 atom stereocenters. The van der Waals surface area contributed by atoms with E-state index in [1.165, 1.54) is 38.7 Å². The number of benzene rings is 1. The van der Waals surface area contributed by atoms with E-state index in [0.29, 0.717) is 23.5 Å². The number of furan rings is 1. The highest BCUT2D eigenvalue weighted by Crippen LogP contribution is 2.42. The lowest BCUT2D eigenvalue weighted by Crippen LogP contribution is -2.52.